The van der Waals surface area contributed by atoms with Crippen molar-refractivity contribution in [2.45, 2.75) is 45.1 Å². The molecule has 2 aliphatic rings. The second kappa shape index (κ2) is 4.71. The van der Waals surface area contributed by atoms with Crippen LogP contribution in [0.15, 0.2) is 6.20 Å². The number of piperidine rings is 1. The molecule has 0 radical (unpaired) electrons. The monoisotopic (exact) mass is 248 g/mol. The first-order chi connectivity index (χ1) is 8.77. The topological polar surface area (TPSA) is 61.9 Å². The van der Waals surface area contributed by atoms with E-state index >= 15 is 0 Å². The van der Waals surface area contributed by atoms with Crippen molar-refractivity contribution in [3.05, 3.63) is 11.9 Å². The summed E-state index contributed by atoms with van der Waals surface area (Å²) in [5, 5.41) is 10.2. The van der Waals surface area contributed by atoms with Gasteiger partial charge in [-0.05, 0) is 31.1 Å². The average Bonchev–Trinajstić information content (AvgIpc) is 2.93. The van der Waals surface area contributed by atoms with Crippen LogP contribution in [0.2, 0.25) is 0 Å². The largest absolute Gasteiger partial charge is 0.334 e. The van der Waals surface area contributed by atoms with Gasteiger partial charge in [-0.25, -0.2) is 0 Å². The molecule has 1 amide bonds. The standard InChI is InChI=1S/C13H20N4O/c1-9-6-7-17(12-5-3-2-4-10(9)12)13(18)11-8-14-16-15-11/h8-10,12H,2-7H2,1H3,(H,14,15,16). The van der Waals surface area contributed by atoms with Gasteiger partial charge in [0.15, 0.2) is 5.69 Å². The van der Waals surface area contributed by atoms with E-state index in [9.17, 15) is 4.79 Å². The summed E-state index contributed by atoms with van der Waals surface area (Å²) in [5.41, 5.74) is 0.453. The van der Waals surface area contributed by atoms with Crippen LogP contribution in [0.4, 0.5) is 0 Å². The highest BCUT2D eigenvalue weighted by atomic mass is 16.2. The first-order valence-electron chi connectivity index (χ1n) is 6.94. The Kier molecular flexibility index (Phi) is 3.06. The second-order valence-electron chi connectivity index (χ2n) is 5.64. The van der Waals surface area contributed by atoms with Gasteiger partial charge in [-0.15, -0.1) is 0 Å². The minimum absolute atomic E-state index is 0.0487. The number of nitrogens with one attached hydrogen (secondary N) is 1. The third-order valence-electron chi connectivity index (χ3n) is 4.63. The molecule has 3 unspecified atom stereocenters. The SMILES string of the molecule is CC1CCN(C(=O)c2cn[nH]n2)C2CCCCC12. The van der Waals surface area contributed by atoms with Crippen molar-refractivity contribution >= 4 is 5.91 Å². The number of amides is 1. The molecular formula is C13H20N4O. The Morgan fingerprint density at radius 2 is 2.22 bits per heavy atom. The lowest BCUT2D eigenvalue weighted by molar-refractivity contribution is 0.0213. The number of nitrogens with zero attached hydrogens (tertiary/aromatic N) is 3. The van der Waals surface area contributed by atoms with E-state index in [2.05, 4.69) is 22.3 Å². The van der Waals surface area contributed by atoms with Crippen LogP contribution in [0.1, 0.15) is 49.5 Å². The fourth-order valence-electron chi connectivity index (χ4n) is 3.62. The Bertz CT molecular complexity index is 417. The summed E-state index contributed by atoms with van der Waals surface area (Å²) >= 11 is 0. The zero-order valence-corrected chi connectivity index (χ0v) is 10.8. The maximum Gasteiger partial charge on any atom is 0.276 e. The normalized spacial score (nSPS) is 32.1. The van der Waals surface area contributed by atoms with Gasteiger partial charge in [-0.2, -0.15) is 15.4 Å². The van der Waals surface area contributed by atoms with Crippen LogP contribution in [0.5, 0.6) is 0 Å². The van der Waals surface area contributed by atoms with Gasteiger partial charge in [0.2, 0.25) is 0 Å². The van der Waals surface area contributed by atoms with Crippen molar-refractivity contribution in [1.29, 1.82) is 0 Å². The fraction of sp³-hybridized carbons (Fsp3) is 0.769. The van der Waals surface area contributed by atoms with Gasteiger partial charge in [0, 0.05) is 12.6 Å². The highest BCUT2D eigenvalue weighted by molar-refractivity contribution is 5.92. The third-order valence-corrected chi connectivity index (χ3v) is 4.63. The zero-order chi connectivity index (χ0) is 12.5. The minimum Gasteiger partial charge on any atom is -0.334 e. The number of likely N-dealkylation sites (tertiary alicyclic amines) is 1. The van der Waals surface area contributed by atoms with Crippen LogP contribution < -0.4 is 0 Å². The fourth-order valence-corrected chi connectivity index (χ4v) is 3.62. The van der Waals surface area contributed by atoms with E-state index in [4.69, 9.17) is 0 Å². The van der Waals surface area contributed by atoms with Crippen molar-refractivity contribution in [2.24, 2.45) is 11.8 Å². The maximum absolute atomic E-state index is 12.4. The molecule has 1 saturated heterocycles. The van der Waals surface area contributed by atoms with Crippen LogP contribution in [0, 0.1) is 11.8 Å². The lowest BCUT2D eigenvalue weighted by Gasteiger charge is -2.47. The quantitative estimate of drug-likeness (QED) is 0.825. The Hall–Kier alpha value is -1.39. The summed E-state index contributed by atoms with van der Waals surface area (Å²) < 4.78 is 0. The molecule has 1 saturated carbocycles. The van der Waals surface area contributed by atoms with E-state index < -0.39 is 0 Å². The molecule has 2 heterocycles. The first kappa shape index (κ1) is 11.7. The molecule has 3 rings (SSSR count). The van der Waals surface area contributed by atoms with Gasteiger partial charge in [-0.1, -0.05) is 19.8 Å². The van der Waals surface area contributed by atoms with E-state index in [1.54, 1.807) is 0 Å². The van der Waals surface area contributed by atoms with Crippen LogP contribution in [-0.2, 0) is 0 Å². The predicted molar refractivity (Wildman–Crippen MR) is 66.9 cm³/mol. The van der Waals surface area contributed by atoms with Gasteiger partial charge < -0.3 is 4.90 Å². The molecule has 1 aliphatic heterocycles. The molecule has 3 atom stereocenters. The first-order valence-corrected chi connectivity index (χ1v) is 6.94. The van der Waals surface area contributed by atoms with E-state index in [0.717, 1.165) is 25.3 Å². The smallest absolute Gasteiger partial charge is 0.276 e. The number of hydrogen-bond donors (Lipinski definition) is 1. The molecule has 1 aromatic rings. The van der Waals surface area contributed by atoms with Crippen molar-refractivity contribution in [2.75, 3.05) is 6.54 Å². The Morgan fingerprint density at radius 1 is 1.39 bits per heavy atom. The van der Waals surface area contributed by atoms with Gasteiger partial charge in [-0.3, -0.25) is 4.79 Å². The number of rotatable bonds is 1. The summed E-state index contributed by atoms with van der Waals surface area (Å²) in [6.45, 7) is 3.20. The summed E-state index contributed by atoms with van der Waals surface area (Å²) in [4.78, 5) is 14.5. The number of aromatic amines is 1. The molecule has 98 valence electrons. The van der Waals surface area contributed by atoms with E-state index in [1.807, 2.05) is 4.90 Å². The summed E-state index contributed by atoms with van der Waals surface area (Å²) in [5.74, 6) is 1.48. The average molecular weight is 248 g/mol. The molecule has 2 fully saturated rings. The van der Waals surface area contributed by atoms with Gasteiger partial charge in [0.1, 0.15) is 0 Å². The molecule has 1 N–H and O–H groups in total. The van der Waals surface area contributed by atoms with E-state index in [-0.39, 0.29) is 5.91 Å². The molecule has 0 bridgehead atoms. The third kappa shape index (κ3) is 1.91. The lowest BCUT2D eigenvalue weighted by Crippen LogP contribution is -2.52. The summed E-state index contributed by atoms with van der Waals surface area (Å²) in [7, 11) is 0. The number of H-pyrrole nitrogens is 1. The molecule has 1 aliphatic carbocycles. The number of carbonyl (C=O) groups excluding carboxylic acids is 1. The molecule has 18 heavy (non-hydrogen) atoms. The molecule has 1 aromatic heterocycles. The molecule has 5 nitrogen and oxygen atoms in total. The van der Waals surface area contributed by atoms with Crippen molar-refractivity contribution < 1.29 is 4.79 Å². The minimum atomic E-state index is 0.0487. The number of hydrogen-bond acceptors (Lipinski definition) is 3. The van der Waals surface area contributed by atoms with E-state index in [1.165, 1.54) is 25.5 Å². The maximum atomic E-state index is 12.4. The Balaban J connectivity index is 1.81. The second-order valence-corrected chi connectivity index (χ2v) is 5.64. The van der Waals surface area contributed by atoms with Crippen LogP contribution >= 0.6 is 0 Å². The zero-order valence-electron chi connectivity index (χ0n) is 10.8. The number of fused-ring (bicyclic) bond motifs is 1. The Labute approximate surface area is 107 Å². The highest BCUT2D eigenvalue weighted by Gasteiger charge is 2.39. The van der Waals surface area contributed by atoms with Gasteiger partial charge in [0.05, 0.1) is 6.20 Å². The van der Waals surface area contributed by atoms with Crippen molar-refractivity contribution in [3.63, 3.8) is 0 Å². The van der Waals surface area contributed by atoms with Gasteiger partial charge in [0.25, 0.3) is 5.91 Å². The highest BCUT2D eigenvalue weighted by Crippen LogP contribution is 2.39. The molecule has 0 spiro atoms. The summed E-state index contributed by atoms with van der Waals surface area (Å²) in [6, 6.07) is 0.423. The summed E-state index contributed by atoms with van der Waals surface area (Å²) in [6.07, 6.45) is 7.63. The molecule has 0 aromatic carbocycles. The predicted octanol–water partition coefficient (Wildman–Crippen LogP) is 1.85. The van der Waals surface area contributed by atoms with Crippen LogP contribution in [0.3, 0.4) is 0 Å². The Morgan fingerprint density at radius 3 is 3.00 bits per heavy atom. The number of carbonyl (C=O) groups is 1. The van der Waals surface area contributed by atoms with Crippen LogP contribution in [0.25, 0.3) is 0 Å². The van der Waals surface area contributed by atoms with Crippen molar-refractivity contribution in [1.82, 2.24) is 20.3 Å². The number of aromatic nitrogens is 3. The van der Waals surface area contributed by atoms with Crippen LogP contribution in [-0.4, -0.2) is 38.8 Å². The van der Waals surface area contributed by atoms with Crippen molar-refractivity contribution in [3.8, 4) is 0 Å². The van der Waals surface area contributed by atoms with Gasteiger partial charge >= 0.3 is 0 Å². The molecular weight excluding hydrogens is 228 g/mol. The molecule has 5 heteroatoms. The lowest BCUT2D eigenvalue weighted by atomic mass is 9.72. The van der Waals surface area contributed by atoms with E-state index in [0.29, 0.717) is 17.7 Å².